The zero-order valence-electron chi connectivity index (χ0n) is 23.7. The third-order valence-electron chi connectivity index (χ3n) is 7.25. The molecule has 8 nitrogen and oxygen atoms in total. The molecule has 0 aliphatic heterocycles. The van der Waals surface area contributed by atoms with E-state index in [0.717, 1.165) is 37.5 Å². The fourth-order valence-corrected chi connectivity index (χ4v) is 6.64. The summed E-state index contributed by atoms with van der Waals surface area (Å²) in [5, 5.41) is 4.18. The molecule has 226 valence electrons. The van der Waals surface area contributed by atoms with Gasteiger partial charge in [0.15, 0.2) is 0 Å². The second-order valence-corrected chi connectivity index (χ2v) is 13.4. The summed E-state index contributed by atoms with van der Waals surface area (Å²) >= 11 is 18.6. The Bertz CT molecular complexity index is 1320. The van der Waals surface area contributed by atoms with E-state index in [1.807, 2.05) is 6.92 Å². The predicted molar refractivity (Wildman–Crippen MR) is 166 cm³/mol. The van der Waals surface area contributed by atoms with Crippen LogP contribution in [0.3, 0.4) is 0 Å². The highest BCUT2D eigenvalue weighted by Gasteiger charge is 2.30. The molecule has 1 atom stereocenters. The minimum Gasteiger partial charge on any atom is -0.495 e. The number of nitrogens with one attached hydrogen (secondary N) is 1. The molecule has 3 rings (SSSR count). The molecule has 2 aromatic rings. The van der Waals surface area contributed by atoms with Crippen molar-refractivity contribution >= 4 is 62.3 Å². The summed E-state index contributed by atoms with van der Waals surface area (Å²) in [5.41, 5.74) is 1.11. The number of ether oxygens (including phenoxy) is 1. The average Bonchev–Trinajstić information content (AvgIpc) is 2.92. The highest BCUT2D eigenvalue weighted by Crippen LogP contribution is 2.31. The summed E-state index contributed by atoms with van der Waals surface area (Å²) in [6, 6.07) is 9.26. The molecule has 41 heavy (non-hydrogen) atoms. The Balaban J connectivity index is 1.79. The second-order valence-electron chi connectivity index (χ2n) is 10.3. The van der Waals surface area contributed by atoms with Gasteiger partial charge in [-0.25, -0.2) is 8.42 Å². The van der Waals surface area contributed by atoms with Crippen molar-refractivity contribution in [2.45, 2.75) is 76.9 Å². The Morgan fingerprint density at radius 3 is 2.32 bits per heavy atom. The van der Waals surface area contributed by atoms with Crippen molar-refractivity contribution in [3.8, 4) is 5.75 Å². The minimum atomic E-state index is -3.66. The monoisotopic (exact) mass is 645 g/mol. The summed E-state index contributed by atoms with van der Waals surface area (Å²) in [4.78, 5) is 28.7. The van der Waals surface area contributed by atoms with Gasteiger partial charge < -0.3 is 15.0 Å². The van der Waals surface area contributed by atoms with Crippen LogP contribution in [0.2, 0.25) is 15.1 Å². The summed E-state index contributed by atoms with van der Waals surface area (Å²) in [6.07, 6.45) is 6.96. The van der Waals surface area contributed by atoms with E-state index in [2.05, 4.69) is 5.32 Å². The molecule has 0 aromatic heterocycles. The fourth-order valence-electron chi connectivity index (χ4n) is 5.11. The molecule has 1 saturated carbocycles. The highest BCUT2D eigenvalue weighted by atomic mass is 35.5. The lowest BCUT2D eigenvalue weighted by molar-refractivity contribution is -0.141. The number of carbonyl (C=O) groups is 2. The quantitative estimate of drug-likeness (QED) is 0.270. The van der Waals surface area contributed by atoms with Crippen molar-refractivity contribution in [1.29, 1.82) is 0 Å². The number of nitrogens with zero attached hydrogens (tertiary/aromatic N) is 2. The zero-order valence-corrected chi connectivity index (χ0v) is 26.8. The molecule has 0 radical (unpaired) electrons. The number of amides is 2. The molecule has 0 heterocycles. The van der Waals surface area contributed by atoms with Crippen molar-refractivity contribution in [2.24, 2.45) is 0 Å². The van der Waals surface area contributed by atoms with Gasteiger partial charge in [0.25, 0.3) is 0 Å². The number of carbonyl (C=O) groups excluding carboxylic acids is 2. The summed E-state index contributed by atoms with van der Waals surface area (Å²) in [7, 11) is -2.19. The molecule has 1 N–H and O–H groups in total. The van der Waals surface area contributed by atoms with E-state index in [1.54, 1.807) is 35.2 Å². The van der Waals surface area contributed by atoms with Crippen LogP contribution in [0, 0.1) is 0 Å². The summed E-state index contributed by atoms with van der Waals surface area (Å²) < 4.78 is 31.6. The Hall–Kier alpha value is -2.20. The van der Waals surface area contributed by atoms with Crippen molar-refractivity contribution in [2.75, 3.05) is 24.2 Å². The number of hydrogen-bond acceptors (Lipinski definition) is 5. The summed E-state index contributed by atoms with van der Waals surface area (Å²) in [6.45, 7) is 2.09. The number of hydrogen-bond donors (Lipinski definition) is 1. The molecule has 1 aliphatic rings. The third-order valence-corrected chi connectivity index (χ3v) is 9.48. The smallest absolute Gasteiger partial charge is 0.243 e. The van der Waals surface area contributed by atoms with Gasteiger partial charge in [0.1, 0.15) is 11.8 Å². The maximum absolute atomic E-state index is 13.7. The van der Waals surface area contributed by atoms with Gasteiger partial charge in [-0.2, -0.15) is 0 Å². The van der Waals surface area contributed by atoms with E-state index < -0.39 is 16.1 Å². The van der Waals surface area contributed by atoms with Crippen LogP contribution in [0.1, 0.15) is 63.9 Å². The Kier molecular flexibility index (Phi) is 12.4. The Labute approximate surface area is 258 Å². The first-order chi connectivity index (χ1) is 19.4. The SMILES string of the molecule is CCC(C(=O)NC1CCCCC1)N(Cc1ccc(Cl)c(Cl)c1)C(=O)CCCN(c1ccc(OC)c(Cl)c1)S(C)(=O)=O. The van der Waals surface area contributed by atoms with E-state index in [-0.39, 0.29) is 48.8 Å². The number of halogens is 3. The van der Waals surface area contributed by atoms with Gasteiger partial charge in [-0.3, -0.25) is 13.9 Å². The van der Waals surface area contributed by atoms with Crippen LogP contribution in [-0.4, -0.2) is 57.1 Å². The van der Waals surface area contributed by atoms with Gasteiger partial charge in [-0.05, 0) is 61.6 Å². The van der Waals surface area contributed by atoms with Crippen molar-refractivity contribution < 1.29 is 22.7 Å². The normalized spacial score (nSPS) is 14.8. The zero-order chi connectivity index (χ0) is 30.2. The molecule has 0 spiro atoms. The minimum absolute atomic E-state index is 0.0322. The van der Waals surface area contributed by atoms with Crippen molar-refractivity contribution in [1.82, 2.24) is 10.2 Å². The van der Waals surface area contributed by atoms with Gasteiger partial charge in [-0.1, -0.05) is 67.1 Å². The first-order valence-corrected chi connectivity index (χ1v) is 16.8. The molecule has 1 aliphatic carbocycles. The van der Waals surface area contributed by atoms with E-state index in [9.17, 15) is 18.0 Å². The van der Waals surface area contributed by atoms with Crippen LogP contribution in [0.5, 0.6) is 5.75 Å². The van der Waals surface area contributed by atoms with Crippen molar-refractivity contribution in [3.05, 3.63) is 57.0 Å². The van der Waals surface area contributed by atoms with Crippen molar-refractivity contribution in [3.63, 3.8) is 0 Å². The van der Waals surface area contributed by atoms with Crippen LogP contribution < -0.4 is 14.4 Å². The van der Waals surface area contributed by atoms with Crippen LogP contribution in [0.25, 0.3) is 0 Å². The maximum atomic E-state index is 13.7. The van der Waals surface area contributed by atoms with E-state index in [4.69, 9.17) is 39.5 Å². The largest absolute Gasteiger partial charge is 0.495 e. The number of sulfonamides is 1. The molecular formula is C29H38Cl3N3O5S. The lowest BCUT2D eigenvalue weighted by atomic mass is 9.95. The van der Waals surface area contributed by atoms with Gasteiger partial charge >= 0.3 is 0 Å². The lowest BCUT2D eigenvalue weighted by Gasteiger charge is -2.33. The average molecular weight is 647 g/mol. The molecule has 1 unspecified atom stereocenters. The molecule has 0 saturated heterocycles. The second kappa shape index (κ2) is 15.3. The summed E-state index contributed by atoms with van der Waals surface area (Å²) in [5.74, 6) is -0.0181. The van der Waals surface area contributed by atoms with E-state index in [1.165, 1.54) is 23.9 Å². The Morgan fingerprint density at radius 1 is 1.02 bits per heavy atom. The molecule has 12 heteroatoms. The molecule has 0 bridgehead atoms. The topological polar surface area (TPSA) is 96.0 Å². The lowest BCUT2D eigenvalue weighted by Crippen LogP contribution is -2.51. The van der Waals surface area contributed by atoms with Gasteiger partial charge in [0, 0.05) is 25.6 Å². The van der Waals surface area contributed by atoms with Crippen LogP contribution in [0.15, 0.2) is 36.4 Å². The standard InChI is InChI=1S/C29H38Cl3N3O5S/c1-4-26(29(37)33-21-9-6-5-7-10-21)34(19-20-12-14-23(30)24(31)17-20)28(36)11-8-16-35(41(3,38)39)22-13-15-27(40-2)25(32)18-22/h12-15,17-18,21,26H,4-11,16,19H2,1-3H3,(H,33,37). The van der Waals surface area contributed by atoms with E-state index in [0.29, 0.717) is 27.9 Å². The molecule has 1 fully saturated rings. The van der Waals surface area contributed by atoms with Crippen LogP contribution in [-0.2, 0) is 26.2 Å². The number of rotatable bonds is 13. The molecule has 2 amide bonds. The van der Waals surface area contributed by atoms with Gasteiger partial charge in [0.2, 0.25) is 21.8 Å². The highest BCUT2D eigenvalue weighted by molar-refractivity contribution is 7.92. The molecular weight excluding hydrogens is 609 g/mol. The van der Waals surface area contributed by atoms with E-state index >= 15 is 0 Å². The van der Waals surface area contributed by atoms with Crippen LogP contribution in [0.4, 0.5) is 5.69 Å². The first-order valence-electron chi connectivity index (χ1n) is 13.8. The number of methoxy groups -OCH3 is 1. The number of anilines is 1. The van der Waals surface area contributed by atoms with Crippen LogP contribution >= 0.6 is 34.8 Å². The first kappa shape index (κ1) is 33.3. The third kappa shape index (κ3) is 9.40. The predicted octanol–water partition coefficient (Wildman–Crippen LogP) is 6.46. The molecule has 2 aromatic carbocycles. The number of benzene rings is 2. The maximum Gasteiger partial charge on any atom is 0.243 e. The fraction of sp³-hybridized carbons (Fsp3) is 0.517. The van der Waals surface area contributed by atoms with Gasteiger partial charge in [-0.15, -0.1) is 0 Å². The Morgan fingerprint density at radius 2 is 1.73 bits per heavy atom. The van der Waals surface area contributed by atoms with Gasteiger partial charge in [0.05, 0.1) is 34.1 Å².